The van der Waals surface area contributed by atoms with Gasteiger partial charge < -0.3 is 11.5 Å². The molecule has 15 heavy (non-hydrogen) atoms. The Balaban J connectivity index is 2.05. The van der Waals surface area contributed by atoms with Gasteiger partial charge in [-0.3, -0.25) is 9.59 Å². The van der Waals surface area contributed by atoms with Gasteiger partial charge in [0.2, 0.25) is 11.8 Å². The molecular formula is C11H18N2O2. The molecule has 2 fully saturated rings. The molecule has 4 nitrogen and oxygen atoms in total. The smallest absolute Gasteiger partial charge is 0.223 e. The van der Waals surface area contributed by atoms with E-state index in [1.54, 1.807) is 0 Å². The minimum atomic E-state index is -0.349. The van der Waals surface area contributed by atoms with Crippen LogP contribution in [-0.2, 0) is 9.59 Å². The summed E-state index contributed by atoms with van der Waals surface area (Å²) in [5, 5.41) is 0. The molecule has 2 aliphatic carbocycles. The number of nitrogens with two attached hydrogens (primary N) is 2. The first-order valence-electron chi connectivity index (χ1n) is 5.51. The third kappa shape index (κ3) is 1.62. The molecule has 2 atom stereocenters. The summed E-state index contributed by atoms with van der Waals surface area (Å²) in [5.41, 5.74) is 10.3. The molecule has 0 saturated heterocycles. The van der Waals surface area contributed by atoms with E-state index in [2.05, 4.69) is 0 Å². The van der Waals surface area contributed by atoms with Crippen molar-refractivity contribution in [2.24, 2.45) is 34.6 Å². The van der Waals surface area contributed by atoms with Crippen LogP contribution in [0.25, 0.3) is 0 Å². The predicted octanol–water partition coefficient (Wildman–Crippen LogP) is 0.399. The van der Waals surface area contributed by atoms with Crippen LogP contribution >= 0.6 is 0 Å². The number of carbonyl (C=O) groups excluding carboxylic acids is 2. The maximum Gasteiger partial charge on any atom is 0.223 e. The topological polar surface area (TPSA) is 86.2 Å². The van der Waals surface area contributed by atoms with E-state index in [1.165, 1.54) is 0 Å². The van der Waals surface area contributed by atoms with Gasteiger partial charge in [0.1, 0.15) is 0 Å². The monoisotopic (exact) mass is 210 g/mol. The van der Waals surface area contributed by atoms with E-state index >= 15 is 0 Å². The summed E-state index contributed by atoms with van der Waals surface area (Å²) in [6, 6.07) is 0. The molecule has 84 valence electrons. The second-order valence-electron chi connectivity index (χ2n) is 5.42. The van der Waals surface area contributed by atoms with E-state index in [9.17, 15) is 9.59 Å². The second-order valence-corrected chi connectivity index (χ2v) is 5.42. The van der Waals surface area contributed by atoms with Crippen LogP contribution in [0.3, 0.4) is 0 Å². The average Bonchev–Trinajstić information content (AvgIpc) is 2.59. The molecule has 0 aliphatic heterocycles. The molecule has 0 bridgehead atoms. The standard InChI is InChI=1S/C11H18N2O2/c1-11(10(13)15)4-7-2-6(9(12)14)3-8(7)5-11/h6-8H,2-5H2,1H3,(H2,12,14)(H2,13,15). The first kappa shape index (κ1) is 10.5. The van der Waals surface area contributed by atoms with Crippen molar-refractivity contribution in [2.45, 2.75) is 32.6 Å². The van der Waals surface area contributed by atoms with E-state index in [4.69, 9.17) is 11.5 Å². The lowest BCUT2D eigenvalue weighted by Crippen LogP contribution is -2.33. The zero-order valence-corrected chi connectivity index (χ0v) is 9.03. The van der Waals surface area contributed by atoms with Gasteiger partial charge in [0.25, 0.3) is 0 Å². The van der Waals surface area contributed by atoms with Crippen molar-refractivity contribution in [2.75, 3.05) is 0 Å². The lowest BCUT2D eigenvalue weighted by atomic mass is 9.84. The van der Waals surface area contributed by atoms with Crippen LogP contribution in [0.15, 0.2) is 0 Å². The first-order chi connectivity index (χ1) is 6.92. The lowest BCUT2D eigenvalue weighted by molar-refractivity contribution is -0.126. The molecule has 4 heteroatoms. The first-order valence-corrected chi connectivity index (χ1v) is 5.51. The Kier molecular flexibility index (Phi) is 2.24. The third-order valence-electron chi connectivity index (χ3n) is 4.26. The summed E-state index contributed by atoms with van der Waals surface area (Å²) >= 11 is 0. The fraction of sp³-hybridized carbons (Fsp3) is 0.818. The van der Waals surface area contributed by atoms with E-state index < -0.39 is 0 Å². The maximum absolute atomic E-state index is 11.3. The molecule has 0 spiro atoms. The molecule has 0 aromatic carbocycles. The van der Waals surface area contributed by atoms with Gasteiger partial charge in [-0.05, 0) is 37.5 Å². The van der Waals surface area contributed by atoms with Crippen molar-refractivity contribution >= 4 is 11.8 Å². The minimum Gasteiger partial charge on any atom is -0.369 e. The molecular weight excluding hydrogens is 192 g/mol. The summed E-state index contributed by atoms with van der Waals surface area (Å²) < 4.78 is 0. The summed E-state index contributed by atoms with van der Waals surface area (Å²) in [7, 11) is 0. The summed E-state index contributed by atoms with van der Waals surface area (Å²) in [4.78, 5) is 22.4. The van der Waals surface area contributed by atoms with Crippen LogP contribution in [0.2, 0.25) is 0 Å². The molecule has 0 heterocycles. The van der Waals surface area contributed by atoms with Gasteiger partial charge in [-0.15, -0.1) is 0 Å². The average molecular weight is 210 g/mol. The number of hydrogen-bond donors (Lipinski definition) is 2. The van der Waals surface area contributed by atoms with Gasteiger partial charge in [-0.1, -0.05) is 6.92 Å². The molecule has 0 radical (unpaired) electrons. The summed E-state index contributed by atoms with van der Waals surface area (Å²) in [6.07, 6.45) is 3.36. The van der Waals surface area contributed by atoms with Crippen LogP contribution in [0, 0.1) is 23.2 Å². The normalized spacial score (nSPS) is 43.9. The van der Waals surface area contributed by atoms with Gasteiger partial charge in [0.05, 0.1) is 0 Å². The highest BCUT2D eigenvalue weighted by molar-refractivity contribution is 5.81. The summed E-state index contributed by atoms with van der Waals surface area (Å²) in [6.45, 7) is 1.94. The molecule has 2 saturated carbocycles. The maximum atomic E-state index is 11.3. The van der Waals surface area contributed by atoms with E-state index in [1.807, 2.05) is 6.92 Å². The zero-order chi connectivity index (χ0) is 11.2. The molecule has 2 rings (SSSR count). The number of hydrogen-bond acceptors (Lipinski definition) is 2. The molecule has 4 N–H and O–H groups in total. The van der Waals surface area contributed by atoms with E-state index in [0.717, 1.165) is 25.7 Å². The Hall–Kier alpha value is -1.06. The fourth-order valence-electron chi connectivity index (χ4n) is 3.39. The number of rotatable bonds is 2. The van der Waals surface area contributed by atoms with Crippen LogP contribution < -0.4 is 11.5 Å². The molecule has 0 aromatic heterocycles. The van der Waals surface area contributed by atoms with Crippen molar-refractivity contribution in [1.29, 1.82) is 0 Å². The Morgan fingerprint density at radius 2 is 1.60 bits per heavy atom. The molecule has 2 aliphatic rings. The number of carbonyl (C=O) groups is 2. The number of fused-ring (bicyclic) bond motifs is 1. The van der Waals surface area contributed by atoms with Crippen molar-refractivity contribution in [3.05, 3.63) is 0 Å². The van der Waals surface area contributed by atoms with Gasteiger partial charge in [0.15, 0.2) is 0 Å². The van der Waals surface area contributed by atoms with Crippen molar-refractivity contribution in [3.63, 3.8) is 0 Å². The van der Waals surface area contributed by atoms with Crippen molar-refractivity contribution < 1.29 is 9.59 Å². The SMILES string of the molecule is CC1(C(N)=O)CC2CC(C(N)=O)CC2C1. The fourth-order valence-corrected chi connectivity index (χ4v) is 3.39. The molecule has 0 aromatic rings. The van der Waals surface area contributed by atoms with Crippen molar-refractivity contribution in [1.82, 2.24) is 0 Å². The van der Waals surface area contributed by atoms with E-state index in [-0.39, 0.29) is 23.1 Å². The van der Waals surface area contributed by atoms with Gasteiger partial charge in [0, 0.05) is 11.3 Å². The second kappa shape index (κ2) is 3.22. The van der Waals surface area contributed by atoms with Gasteiger partial charge in [-0.25, -0.2) is 0 Å². The zero-order valence-electron chi connectivity index (χ0n) is 9.03. The minimum absolute atomic E-state index is 0.0254. The Morgan fingerprint density at radius 1 is 1.13 bits per heavy atom. The Morgan fingerprint density at radius 3 is 1.93 bits per heavy atom. The van der Waals surface area contributed by atoms with E-state index in [0.29, 0.717) is 11.8 Å². The highest BCUT2D eigenvalue weighted by atomic mass is 16.1. The van der Waals surface area contributed by atoms with Crippen LogP contribution in [0.1, 0.15) is 32.6 Å². The largest absolute Gasteiger partial charge is 0.369 e. The third-order valence-corrected chi connectivity index (χ3v) is 4.26. The number of amides is 2. The van der Waals surface area contributed by atoms with Gasteiger partial charge >= 0.3 is 0 Å². The summed E-state index contributed by atoms with van der Waals surface area (Å²) in [5.74, 6) is 0.579. The highest BCUT2D eigenvalue weighted by Gasteiger charge is 2.50. The Labute approximate surface area is 89.4 Å². The van der Waals surface area contributed by atoms with Crippen LogP contribution in [0.4, 0.5) is 0 Å². The van der Waals surface area contributed by atoms with Gasteiger partial charge in [-0.2, -0.15) is 0 Å². The van der Waals surface area contributed by atoms with Crippen LogP contribution in [0.5, 0.6) is 0 Å². The quantitative estimate of drug-likeness (QED) is 0.691. The predicted molar refractivity (Wildman–Crippen MR) is 55.4 cm³/mol. The van der Waals surface area contributed by atoms with Crippen molar-refractivity contribution in [3.8, 4) is 0 Å². The molecule has 2 unspecified atom stereocenters. The lowest BCUT2D eigenvalue weighted by Gasteiger charge is -2.21. The Bertz CT molecular complexity index is 300. The van der Waals surface area contributed by atoms with Crippen LogP contribution in [-0.4, -0.2) is 11.8 Å². The number of primary amides is 2. The highest BCUT2D eigenvalue weighted by Crippen LogP contribution is 2.54. The molecule has 2 amide bonds.